The number of halogens is 1. The van der Waals surface area contributed by atoms with Gasteiger partial charge in [0.25, 0.3) is 0 Å². The molecular formula is C22H18FN3O2S2. The number of hydrogen-bond donors (Lipinski definition) is 1. The second kappa shape index (κ2) is 8.81. The van der Waals surface area contributed by atoms with Crippen LogP contribution in [0.2, 0.25) is 0 Å². The summed E-state index contributed by atoms with van der Waals surface area (Å²) < 4.78 is 18.6. The predicted molar refractivity (Wildman–Crippen MR) is 120 cm³/mol. The lowest BCUT2D eigenvalue weighted by Crippen LogP contribution is -2.22. The van der Waals surface area contributed by atoms with Crippen LogP contribution in [0.5, 0.6) is 5.75 Å². The minimum absolute atomic E-state index is 0.158. The number of benzene rings is 2. The molecule has 4 rings (SSSR count). The molecule has 1 unspecified atom stereocenters. The number of thioether (sulfide) groups is 1. The van der Waals surface area contributed by atoms with Crippen LogP contribution in [0.15, 0.2) is 65.3 Å². The first-order valence-electron chi connectivity index (χ1n) is 9.15. The number of anilines is 1. The van der Waals surface area contributed by atoms with Gasteiger partial charge in [-0.3, -0.25) is 4.79 Å². The average Bonchev–Trinajstić information content (AvgIpc) is 3.20. The first kappa shape index (κ1) is 20.3. The van der Waals surface area contributed by atoms with E-state index in [2.05, 4.69) is 15.3 Å². The van der Waals surface area contributed by atoms with E-state index in [0.29, 0.717) is 16.5 Å². The molecule has 0 fully saturated rings. The van der Waals surface area contributed by atoms with Crippen molar-refractivity contribution >= 4 is 44.9 Å². The first-order valence-corrected chi connectivity index (χ1v) is 10.9. The van der Waals surface area contributed by atoms with Gasteiger partial charge in [-0.2, -0.15) is 0 Å². The van der Waals surface area contributed by atoms with Gasteiger partial charge >= 0.3 is 0 Å². The SMILES string of the molecule is COc1ccccc1NC(=O)C(C)Sc1ncnc2scc(-c3ccc(F)cc3)c12. The average molecular weight is 440 g/mol. The van der Waals surface area contributed by atoms with E-state index in [1.807, 2.05) is 24.4 Å². The van der Waals surface area contributed by atoms with Crippen molar-refractivity contribution in [3.63, 3.8) is 0 Å². The Hall–Kier alpha value is -2.97. The molecule has 1 amide bonds. The van der Waals surface area contributed by atoms with Crippen LogP contribution in [0.3, 0.4) is 0 Å². The molecule has 2 aromatic carbocycles. The number of methoxy groups -OCH3 is 1. The van der Waals surface area contributed by atoms with Gasteiger partial charge in [0.05, 0.1) is 23.4 Å². The molecule has 0 aliphatic carbocycles. The lowest BCUT2D eigenvalue weighted by Gasteiger charge is -2.14. The number of aromatic nitrogens is 2. The maximum absolute atomic E-state index is 13.3. The normalized spacial score (nSPS) is 12.0. The Bertz CT molecular complexity index is 1190. The number of hydrogen-bond acceptors (Lipinski definition) is 6. The number of amides is 1. The van der Waals surface area contributed by atoms with E-state index < -0.39 is 5.25 Å². The van der Waals surface area contributed by atoms with E-state index in [1.54, 1.807) is 31.4 Å². The number of thiophene rings is 1. The van der Waals surface area contributed by atoms with Crippen molar-refractivity contribution in [1.29, 1.82) is 0 Å². The second-order valence-electron chi connectivity index (χ2n) is 6.46. The standard InChI is InChI=1S/C22H18FN3O2S2/c1-13(20(27)26-17-5-3-4-6-18(17)28-2)30-22-19-16(11-29-21(19)24-12-25-22)14-7-9-15(23)10-8-14/h3-13H,1-2H3,(H,26,27). The molecule has 1 atom stereocenters. The molecule has 0 aliphatic heterocycles. The van der Waals surface area contributed by atoms with Crippen LogP contribution in [0, 0.1) is 5.82 Å². The van der Waals surface area contributed by atoms with E-state index in [9.17, 15) is 9.18 Å². The summed E-state index contributed by atoms with van der Waals surface area (Å²) in [5, 5.41) is 6.07. The third-order valence-electron chi connectivity index (χ3n) is 4.51. The molecule has 0 saturated carbocycles. The van der Waals surface area contributed by atoms with Gasteiger partial charge in [-0.05, 0) is 36.8 Å². The zero-order valence-corrected chi connectivity index (χ0v) is 17.9. The van der Waals surface area contributed by atoms with Crippen molar-refractivity contribution in [3.05, 3.63) is 66.1 Å². The summed E-state index contributed by atoms with van der Waals surface area (Å²) in [6, 6.07) is 13.6. The van der Waals surface area contributed by atoms with Crippen LogP contribution in [0.1, 0.15) is 6.92 Å². The summed E-state index contributed by atoms with van der Waals surface area (Å²) in [4.78, 5) is 22.4. The summed E-state index contributed by atoms with van der Waals surface area (Å²) in [5.41, 5.74) is 2.42. The molecule has 0 radical (unpaired) electrons. The minimum Gasteiger partial charge on any atom is -0.495 e. The number of nitrogens with zero attached hydrogens (tertiary/aromatic N) is 2. The molecule has 0 bridgehead atoms. The van der Waals surface area contributed by atoms with Gasteiger partial charge in [0.2, 0.25) is 5.91 Å². The largest absolute Gasteiger partial charge is 0.495 e. The fraction of sp³-hybridized carbons (Fsp3) is 0.136. The van der Waals surface area contributed by atoms with Crippen LogP contribution in [0.4, 0.5) is 10.1 Å². The van der Waals surface area contributed by atoms with Crippen molar-refractivity contribution in [2.24, 2.45) is 0 Å². The second-order valence-corrected chi connectivity index (χ2v) is 8.65. The Labute approximate surface area is 181 Å². The van der Waals surface area contributed by atoms with E-state index in [4.69, 9.17) is 4.74 Å². The third-order valence-corrected chi connectivity index (χ3v) is 6.50. The molecule has 0 saturated heterocycles. The van der Waals surface area contributed by atoms with Crippen LogP contribution in [0.25, 0.3) is 21.3 Å². The zero-order chi connectivity index (χ0) is 21.1. The van der Waals surface area contributed by atoms with Crippen molar-refractivity contribution in [2.75, 3.05) is 12.4 Å². The Morgan fingerprint density at radius 2 is 1.93 bits per heavy atom. The van der Waals surface area contributed by atoms with Gasteiger partial charge in [-0.25, -0.2) is 14.4 Å². The van der Waals surface area contributed by atoms with Crippen molar-refractivity contribution in [1.82, 2.24) is 9.97 Å². The molecular weight excluding hydrogens is 421 g/mol. The van der Waals surface area contributed by atoms with E-state index in [1.165, 1.54) is 41.6 Å². The lowest BCUT2D eigenvalue weighted by atomic mass is 10.1. The highest BCUT2D eigenvalue weighted by molar-refractivity contribution is 8.00. The summed E-state index contributed by atoms with van der Waals surface area (Å²) in [6.07, 6.45) is 1.50. The molecule has 4 aromatic rings. The molecule has 1 N–H and O–H groups in total. The maximum Gasteiger partial charge on any atom is 0.237 e. The number of para-hydroxylation sites is 2. The Kier molecular flexibility index (Phi) is 5.96. The topological polar surface area (TPSA) is 64.1 Å². The molecule has 30 heavy (non-hydrogen) atoms. The summed E-state index contributed by atoms with van der Waals surface area (Å²) in [5.74, 6) is 0.157. The fourth-order valence-corrected chi connectivity index (χ4v) is 4.90. The molecule has 152 valence electrons. The van der Waals surface area contributed by atoms with Crippen LogP contribution >= 0.6 is 23.1 Å². The van der Waals surface area contributed by atoms with E-state index >= 15 is 0 Å². The molecule has 0 spiro atoms. The minimum atomic E-state index is -0.408. The van der Waals surface area contributed by atoms with Crippen LogP contribution in [-0.2, 0) is 4.79 Å². The van der Waals surface area contributed by atoms with Crippen molar-refractivity contribution in [3.8, 4) is 16.9 Å². The van der Waals surface area contributed by atoms with E-state index in [-0.39, 0.29) is 11.7 Å². The highest BCUT2D eigenvalue weighted by atomic mass is 32.2. The zero-order valence-electron chi connectivity index (χ0n) is 16.3. The number of rotatable bonds is 6. The number of fused-ring (bicyclic) bond motifs is 1. The summed E-state index contributed by atoms with van der Waals surface area (Å²) in [6.45, 7) is 1.83. The quantitative estimate of drug-likeness (QED) is 0.312. The summed E-state index contributed by atoms with van der Waals surface area (Å²) in [7, 11) is 1.56. The number of ether oxygens (including phenoxy) is 1. The Balaban J connectivity index is 1.61. The number of carbonyl (C=O) groups is 1. The van der Waals surface area contributed by atoms with Gasteiger partial charge in [0, 0.05) is 10.9 Å². The maximum atomic E-state index is 13.3. The fourth-order valence-electron chi connectivity index (χ4n) is 2.98. The van der Waals surface area contributed by atoms with Gasteiger partial charge in [-0.1, -0.05) is 36.0 Å². The smallest absolute Gasteiger partial charge is 0.237 e. The van der Waals surface area contributed by atoms with Crippen LogP contribution in [-0.4, -0.2) is 28.2 Å². The molecule has 0 aliphatic rings. The predicted octanol–water partition coefficient (Wildman–Crippen LogP) is 5.63. The lowest BCUT2D eigenvalue weighted by molar-refractivity contribution is -0.115. The monoisotopic (exact) mass is 439 g/mol. The van der Waals surface area contributed by atoms with Crippen molar-refractivity contribution in [2.45, 2.75) is 17.2 Å². The van der Waals surface area contributed by atoms with Gasteiger partial charge in [0.1, 0.15) is 27.8 Å². The van der Waals surface area contributed by atoms with Gasteiger partial charge < -0.3 is 10.1 Å². The van der Waals surface area contributed by atoms with Gasteiger partial charge in [0.15, 0.2) is 0 Å². The Morgan fingerprint density at radius 3 is 2.70 bits per heavy atom. The van der Waals surface area contributed by atoms with Crippen LogP contribution < -0.4 is 10.1 Å². The van der Waals surface area contributed by atoms with Gasteiger partial charge in [-0.15, -0.1) is 11.3 Å². The highest BCUT2D eigenvalue weighted by Gasteiger charge is 2.20. The molecule has 2 heterocycles. The number of nitrogens with one attached hydrogen (secondary N) is 1. The summed E-state index contributed by atoms with van der Waals surface area (Å²) >= 11 is 2.85. The van der Waals surface area contributed by atoms with Crippen molar-refractivity contribution < 1.29 is 13.9 Å². The Morgan fingerprint density at radius 1 is 1.17 bits per heavy atom. The first-order chi connectivity index (χ1) is 14.6. The molecule has 5 nitrogen and oxygen atoms in total. The third kappa shape index (κ3) is 4.15. The number of carbonyl (C=O) groups excluding carboxylic acids is 1. The molecule has 8 heteroatoms. The van der Waals surface area contributed by atoms with E-state index in [0.717, 1.165) is 21.3 Å². The molecule has 2 aromatic heterocycles. The highest BCUT2D eigenvalue weighted by Crippen LogP contribution is 2.39.